The average Bonchev–Trinajstić information content (AvgIpc) is 2.36. The van der Waals surface area contributed by atoms with E-state index in [-0.39, 0.29) is 0 Å². The molecule has 0 aliphatic rings. The third-order valence-corrected chi connectivity index (χ3v) is 2.63. The molecule has 0 unspecified atom stereocenters. The first-order valence-electron chi connectivity index (χ1n) is 4.94. The van der Waals surface area contributed by atoms with Crippen LogP contribution in [0.1, 0.15) is 0 Å². The van der Waals surface area contributed by atoms with E-state index in [4.69, 9.17) is 30.8 Å². The van der Waals surface area contributed by atoms with E-state index in [1.807, 2.05) is 12.1 Å². The standard InChI is InChI=1S/C12H12O4S/c1-13-8-6-7-4-5-9(17)16-10(7)12(15-3)11(8)14-2/h4-6H,1-3H3. The van der Waals surface area contributed by atoms with Gasteiger partial charge in [0.2, 0.25) is 11.5 Å². The Kier molecular flexibility index (Phi) is 3.19. The highest BCUT2D eigenvalue weighted by Gasteiger charge is 2.17. The second-order valence-electron chi connectivity index (χ2n) is 3.32. The molecule has 0 saturated heterocycles. The Morgan fingerprint density at radius 1 is 1.00 bits per heavy atom. The van der Waals surface area contributed by atoms with Crippen molar-refractivity contribution in [1.29, 1.82) is 0 Å². The van der Waals surface area contributed by atoms with Gasteiger partial charge < -0.3 is 18.6 Å². The molecule has 4 nitrogen and oxygen atoms in total. The van der Waals surface area contributed by atoms with E-state index in [9.17, 15) is 0 Å². The number of hydrogen-bond donors (Lipinski definition) is 0. The normalized spacial score (nSPS) is 10.3. The maximum absolute atomic E-state index is 5.48. The van der Waals surface area contributed by atoms with Crippen LogP contribution >= 0.6 is 12.2 Å². The van der Waals surface area contributed by atoms with Crippen LogP contribution in [-0.4, -0.2) is 21.3 Å². The molecule has 0 fully saturated rings. The second-order valence-corrected chi connectivity index (χ2v) is 3.72. The molecule has 1 aromatic heterocycles. The Morgan fingerprint density at radius 3 is 2.29 bits per heavy atom. The van der Waals surface area contributed by atoms with Crippen LogP contribution < -0.4 is 14.2 Å². The number of benzene rings is 1. The molecule has 1 heterocycles. The molecule has 0 saturated carbocycles. The molecule has 17 heavy (non-hydrogen) atoms. The summed E-state index contributed by atoms with van der Waals surface area (Å²) >= 11 is 4.99. The molecule has 90 valence electrons. The van der Waals surface area contributed by atoms with Gasteiger partial charge in [0.05, 0.1) is 21.3 Å². The van der Waals surface area contributed by atoms with E-state index in [0.29, 0.717) is 27.5 Å². The summed E-state index contributed by atoms with van der Waals surface area (Å²) in [5.74, 6) is 1.56. The van der Waals surface area contributed by atoms with Crippen molar-refractivity contribution < 1.29 is 18.6 Å². The molecular weight excluding hydrogens is 240 g/mol. The SMILES string of the molecule is COc1cc2ccc(=S)oc2c(OC)c1OC. The fourth-order valence-corrected chi connectivity index (χ4v) is 1.82. The van der Waals surface area contributed by atoms with Crippen LogP contribution in [0.4, 0.5) is 0 Å². The zero-order valence-corrected chi connectivity index (χ0v) is 10.6. The molecule has 1 aromatic carbocycles. The smallest absolute Gasteiger partial charge is 0.208 e. The molecule has 0 N–H and O–H groups in total. The molecular formula is C12H12O4S. The first-order valence-corrected chi connectivity index (χ1v) is 5.35. The summed E-state index contributed by atoms with van der Waals surface area (Å²) in [7, 11) is 4.66. The summed E-state index contributed by atoms with van der Waals surface area (Å²) in [6.07, 6.45) is 0. The van der Waals surface area contributed by atoms with Crippen molar-refractivity contribution in [3.05, 3.63) is 22.9 Å². The average molecular weight is 252 g/mol. The van der Waals surface area contributed by atoms with Gasteiger partial charge in [-0.15, -0.1) is 0 Å². The van der Waals surface area contributed by atoms with Crippen LogP contribution in [0.15, 0.2) is 22.6 Å². The van der Waals surface area contributed by atoms with Gasteiger partial charge in [0.25, 0.3) is 0 Å². The van der Waals surface area contributed by atoms with E-state index >= 15 is 0 Å². The Hall–Kier alpha value is -1.75. The Balaban J connectivity index is 2.89. The highest BCUT2D eigenvalue weighted by Crippen LogP contribution is 2.43. The van der Waals surface area contributed by atoms with Crippen LogP contribution in [0.25, 0.3) is 11.0 Å². The Bertz CT molecular complexity index is 603. The molecule has 0 aliphatic heterocycles. The summed E-state index contributed by atoms with van der Waals surface area (Å²) in [6, 6.07) is 5.38. The fraction of sp³-hybridized carbons (Fsp3) is 0.250. The van der Waals surface area contributed by atoms with Gasteiger partial charge in [-0.3, -0.25) is 0 Å². The van der Waals surface area contributed by atoms with Crippen molar-refractivity contribution in [2.45, 2.75) is 0 Å². The number of rotatable bonds is 3. The lowest BCUT2D eigenvalue weighted by molar-refractivity contribution is 0.323. The third-order valence-electron chi connectivity index (χ3n) is 2.41. The van der Waals surface area contributed by atoms with Crippen molar-refractivity contribution in [2.75, 3.05) is 21.3 Å². The van der Waals surface area contributed by atoms with Gasteiger partial charge in [-0.25, -0.2) is 0 Å². The molecule has 2 rings (SSSR count). The summed E-state index contributed by atoms with van der Waals surface area (Å²) in [5.41, 5.74) is 0.553. The van der Waals surface area contributed by atoms with Gasteiger partial charge in [-0.05, 0) is 30.4 Å². The van der Waals surface area contributed by atoms with Gasteiger partial charge in [-0.2, -0.15) is 0 Å². The number of fused-ring (bicyclic) bond motifs is 1. The van der Waals surface area contributed by atoms with Crippen molar-refractivity contribution in [1.82, 2.24) is 0 Å². The molecule has 0 atom stereocenters. The summed E-state index contributed by atoms with van der Waals surface area (Å²) < 4.78 is 21.7. The van der Waals surface area contributed by atoms with Crippen LogP contribution in [0.3, 0.4) is 0 Å². The summed E-state index contributed by atoms with van der Waals surface area (Å²) in [4.78, 5) is 0. The lowest BCUT2D eigenvalue weighted by Crippen LogP contribution is -1.95. The van der Waals surface area contributed by atoms with Crippen LogP contribution in [0, 0.1) is 4.71 Å². The predicted octanol–water partition coefficient (Wildman–Crippen LogP) is 3.19. The lowest BCUT2D eigenvalue weighted by Gasteiger charge is -2.13. The van der Waals surface area contributed by atoms with Crippen LogP contribution in [0.2, 0.25) is 0 Å². The first kappa shape index (κ1) is 11.7. The molecule has 5 heteroatoms. The van der Waals surface area contributed by atoms with Gasteiger partial charge in [0, 0.05) is 5.39 Å². The first-order chi connectivity index (χ1) is 8.21. The zero-order valence-electron chi connectivity index (χ0n) is 9.77. The van der Waals surface area contributed by atoms with Crippen molar-refractivity contribution >= 4 is 23.2 Å². The van der Waals surface area contributed by atoms with Crippen molar-refractivity contribution in [3.63, 3.8) is 0 Å². The molecule has 0 radical (unpaired) electrons. The minimum Gasteiger partial charge on any atom is -0.493 e. The maximum Gasteiger partial charge on any atom is 0.208 e. The predicted molar refractivity (Wildman–Crippen MR) is 66.7 cm³/mol. The molecule has 2 aromatic rings. The summed E-state index contributed by atoms with van der Waals surface area (Å²) in [6.45, 7) is 0. The van der Waals surface area contributed by atoms with Crippen molar-refractivity contribution in [2.24, 2.45) is 0 Å². The minimum absolute atomic E-state index is 0.392. The largest absolute Gasteiger partial charge is 0.493 e. The van der Waals surface area contributed by atoms with Crippen molar-refractivity contribution in [3.8, 4) is 17.2 Å². The van der Waals surface area contributed by atoms with Crippen LogP contribution in [0.5, 0.6) is 17.2 Å². The van der Waals surface area contributed by atoms with Gasteiger partial charge in [0.1, 0.15) is 0 Å². The van der Waals surface area contributed by atoms with E-state index in [1.165, 1.54) is 0 Å². The van der Waals surface area contributed by atoms with E-state index in [1.54, 1.807) is 27.4 Å². The lowest BCUT2D eigenvalue weighted by atomic mass is 10.2. The molecule has 0 amide bonds. The fourth-order valence-electron chi connectivity index (χ4n) is 1.67. The Labute approximate surface area is 104 Å². The molecule has 0 spiro atoms. The highest BCUT2D eigenvalue weighted by atomic mass is 32.1. The van der Waals surface area contributed by atoms with E-state index < -0.39 is 0 Å². The summed E-state index contributed by atoms with van der Waals surface area (Å²) in [5, 5.41) is 0.841. The monoisotopic (exact) mass is 252 g/mol. The molecule has 0 aliphatic carbocycles. The highest BCUT2D eigenvalue weighted by molar-refractivity contribution is 7.71. The number of hydrogen-bond acceptors (Lipinski definition) is 5. The Morgan fingerprint density at radius 2 is 1.71 bits per heavy atom. The number of methoxy groups -OCH3 is 3. The second kappa shape index (κ2) is 4.63. The maximum atomic E-state index is 5.48. The van der Waals surface area contributed by atoms with E-state index in [2.05, 4.69) is 0 Å². The van der Waals surface area contributed by atoms with E-state index in [0.717, 1.165) is 5.39 Å². The minimum atomic E-state index is 0.392. The topological polar surface area (TPSA) is 40.8 Å². The van der Waals surface area contributed by atoms with Gasteiger partial charge >= 0.3 is 0 Å². The number of ether oxygens (including phenoxy) is 3. The zero-order chi connectivity index (χ0) is 12.4. The van der Waals surface area contributed by atoms with Gasteiger partial charge in [0.15, 0.2) is 16.0 Å². The van der Waals surface area contributed by atoms with Crippen LogP contribution in [-0.2, 0) is 0 Å². The quantitative estimate of drug-likeness (QED) is 0.785. The molecule has 0 bridgehead atoms. The third kappa shape index (κ3) is 1.93. The van der Waals surface area contributed by atoms with Gasteiger partial charge in [-0.1, -0.05) is 0 Å².